The van der Waals surface area contributed by atoms with E-state index in [9.17, 15) is 19.2 Å². The monoisotopic (exact) mass is 680 g/mol. The van der Waals surface area contributed by atoms with E-state index in [-0.39, 0.29) is 24.8 Å². The minimum Gasteiger partial charge on any atom is -0.486 e. The third kappa shape index (κ3) is 8.51. The number of carbonyl (C=O) groups is 4. The van der Waals surface area contributed by atoms with Crippen LogP contribution in [0.15, 0.2) is 37.4 Å². The van der Waals surface area contributed by atoms with Gasteiger partial charge in [0, 0.05) is 30.0 Å². The number of hydrogen-bond donors (Lipinski definition) is 2. The van der Waals surface area contributed by atoms with Crippen molar-refractivity contribution in [2.24, 2.45) is 5.92 Å². The highest BCUT2D eigenvalue weighted by molar-refractivity contribution is 5.92. The van der Waals surface area contributed by atoms with Crippen LogP contribution in [0, 0.1) is 5.92 Å². The van der Waals surface area contributed by atoms with Gasteiger partial charge in [0.05, 0.1) is 13.1 Å². The molecule has 3 heterocycles. The highest BCUT2D eigenvalue weighted by Gasteiger charge is 2.54. The lowest BCUT2D eigenvalue weighted by atomic mass is 10.0. The Bertz CT molecular complexity index is 1440. The van der Waals surface area contributed by atoms with Crippen molar-refractivity contribution < 1.29 is 38.1 Å². The van der Waals surface area contributed by atoms with Crippen LogP contribution in [0.4, 0.5) is 9.59 Å². The summed E-state index contributed by atoms with van der Waals surface area (Å²) < 4.78 is 23.1. The van der Waals surface area contributed by atoms with Crippen molar-refractivity contribution >= 4 is 24.0 Å². The molecule has 0 bridgehead atoms. The number of rotatable bonds is 13. The molecule has 12 nitrogen and oxygen atoms in total. The number of fused-ring (bicyclic) bond motifs is 3. The van der Waals surface area contributed by atoms with E-state index in [2.05, 4.69) is 23.8 Å². The van der Waals surface area contributed by atoms with E-state index in [4.69, 9.17) is 18.9 Å². The molecular weight excluding hydrogens is 628 g/mol. The zero-order chi connectivity index (χ0) is 35.3. The number of hydrogen-bond acceptors (Lipinski definition) is 8. The Morgan fingerprint density at radius 3 is 2.57 bits per heavy atom. The first-order valence-electron chi connectivity index (χ1n) is 17.6. The van der Waals surface area contributed by atoms with E-state index in [1.165, 1.54) is 4.90 Å². The van der Waals surface area contributed by atoms with Crippen LogP contribution in [0.3, 0.4) is 0 Å². The molecule has 4 aliphatic rings. The van der Waals surface area contributed by atoms with E-state index in [0.717, 1.165) is 43.2 Å². The summed E-state index contributed by atoms with van der Waals surface area (Å²) in [4.78, 5) is 57.7. The Kier molecular flexibility index (Phi) is 11.1. The predicted octanol–water partition coefficient (Wildman–Crippen LogP) is 5.38. The Labute approximate surface area is 289 Å². The molecule has 12 heteroatoms. The molecule has 1 saturated carbocycles. The van der Waals surface area contributed by atoms with E-state index in [0.29, 0.717) is 50.6 Å². The lowest BCUT2D eigenvalue weighted by Crippen LogP contribution is -2.55. The molecule has 0 aromatic heterocycles. The van der Waals surface area contributed by atoms with Crippen molar-refractivity contribution in [2.75, 3.05) is 19.8 Å². The number of unbranched alkanes of at least 4 members (excludes halogenated alkanes) is 3. The summed E-state index contributed by atoms with van der Waals surface area (Å²) in [6.07, 6.45) is 7.01. The smallest absolute Gasteiger partial charge is 0.410 e. The fourth-order valence-corrected chi connectivity index (χ4v) is 7.04. The van der Waals surface area contributed by atoms with Crippen LogP contribution >= 0.6 is 0 Å². The molecular formula is C37H52N4O8. The Hall–Kier alpha value is -4.22. The molecule has 4 amide bonds. The van der Waals surface area contributed by atoms with Gasteiger partial charge in [-0.05, 0) is 64.5 Å². The standard InChI is InChI=1S/C37H52N4O8/c1-7-10-11-12-13-14-28(38-34(44)49-36(4,5)6)33(43)41-22-26(19-29(41)32(42)39-37(9-3)20-25(37)8-2)48-35(45)40-21-24-15-16-30-31(27(24)23-40)47-18-17-46-30/h7-8,15-16,25-26,28-29H,1-2,9-14,17-23H2,3-6H3,(H,38,44)(H,39,42)/t25-,26-,28+,29+,37-/m1/s1. The number of carbonyl (C=O) groups excluding carboxylic acids is 4. The lowest BCUT2D eigenvalue weighted by Gasteiger charge is -2.30. The fraction of sp³-hybridized carbons (Fsp3) is 0.622. The van der Waals surface area contributed by atoms with E-state index in [1.807, 2.05) is 31.2 Å². The van der Waals surface area contributed by atoms with Crippen molar-refractivity contribution in [3.05, 3.63) is 48.6 Å². The highest BCUT2D eigenvalue weighted by atomic mass is 16.6. The van der Waals surface area contributed by atoms with Crippen molar-refractivity contribution in [3.63, 3.8) is 0 Å². The maximum atomic E-state index is 14.3. The molecule has 0 radical (unpaired) electrons. The SMILES string of the molecule is C=CCCCCC[C@H](NC(=O)OC(C)(C)C)C(=O)N1C[C@H](OC(=O)N2Cc3ccc4c(c3C2)OCCO4)C[C@H]1C(=O)N[C@]1(CC)C[C@H]1C=C. The first-order chi connectivity index (χ1) is 23.4. The molecule has 49 heavy (non-hydrogen) atoms. The number of ether oxygens (including phenoxy) is 4. The quantitative estimate of drug-likeness (QED) is 0.210. The van der Waals surface area contributed by atoms with Crippen LogP contribution in [-0.2, 0) is 32.2 Å². The average Bonchev–Trinajstić information content (AvgIpc) is 3.36. The minimum atomic E-state index is -0.924. The van der Waals surface area contributed by atoms with Crippen molar-refractivity contribution in [1.29, 1.82) is 0 Å². The zero-order valence-corrected chi connectivity index (χ0v) is 29.4. The maximum Gasteiger partial charge on any atom is 0.410 e. The van der Waals surface area contributed by atoms with Crippen LogP contribution in [0.2, 0.25) is 0 Å². The highest BCUT2D eigenvalue weighted by Crippen LogP contribution is 2.47. The number of nitrogens with zero attached hydrogens (tertiary/aromatic N) is 2. The van der Waals surface area contributed by atoms with Gasteiger partial charge in [0.2, 0.25) is 11.8 Å². The van der Waals surface area contributed by atoms with Crippen LogP contribution in [-0.4, -0.2) is 82.9 Å². The molecule has 268 valence electrons. The van der Waals surface area contributed by atoms with Crippen molar-refractivity contribution in [3.8, 4) is 11.5 Å². The Morgan fingerprint density at radius 2 is 1.88 bits per heavy atom. The van der Waals surface area contributed by atoms with Gasteiger partial charge in [-0.25, -0.2) is 9.59 Å². The zero-order valence-electron chi connectivity index (χ0n) is 29.4. The molecule has 5 rings (SSSR count). The largest absolute Gasteiger partial charge is 0.486 e. The molecule has 0 unspecified atom stereocenters. The Morgan fingerprint density at radius 1 is 1.10 bits per heavy atom. The summed E-state index contributed by atoms with van der Waals surface area (Å²) in [5, 5.41) is 5.96. The molecule has 1 aromatic carbocycles. The summed E-state index contributed by atoms with van der Waals surface area (Å²) in [6.45, 7) is 16.5. The summed E-state index contributed by atoms with van der Waals surface area (Å²) in [6, 6.07) is 1.97. The lowest BCUT2D eigenvalue weighted by molar-refractivity contribution is -0.140. The van der Waals surface area contributed by atoms with Crippen molar-refractivity contribution in [2.45, 2.75) is 121 Å². The third-order valence-electron chi connectivity index (χ3n) is 9.80. The van der Waals surface area contributed by atoms with Gasteiger partial charge >= 0.3 is 12.2 Å². The average molecular weight is 681 g/mol. The number of alkyl carbamates (subject to hydrolysis) is 1. The second-order valence-corrected chi connectivity index (χ2v) is 14.5. The maximum absolute atomic E-state index is 14.3. The molecule has 5 atom stereocenters. The Balaban J connectivity index is 1.32. The molecule has 1 saturated heterocycles. The van der Waals surface area contributed by atoms with E-state index >= 15 is 0 Å². The summed E-state index contributed by atoms with van der Waals surface area (Å²) >= 11 is 0. The van der Waals surface area contributed by atoms with Gasteiger partial charge in [0.1, 0.15) is 37.0 Å². The van der Waals surface area contributed by atoms with Gasteiger partial charge in [0.25, 0.3) is 0 Å². The molecule has 1 aromatic rings. The number of nitrogens with one attached hydrogen (secondary N) is 2. The molecule has 3 aliphatic heterocycles. The van der Waals surface area contributed by atoms with E-state index < -0.39 is 47.4 Å². The van der Waals surface area contributed by atoms with E-state index in [1.54, 1.807) is 25.7 Å². The van der Waals surface area contributed by atoms with Gasteiger partial charge in [0.15, 0.2) is 11.5 Å². The second kappa shape index (κ2) is 15.1. The molecule has 2 fully saturated rings. The summed E-state index contributed by atoms with van der Waals surface area (Å²) in [7, 11) is 0. The van der Waals surface area contributed by atoms with Crippen LogP contribution in [0.5, 0.6) is 11.5 Å². The topological polar surface area (TPSA) is 136 Å². The molecule has 2 N–H and O–H groups in total. The normalized spacial score (nSPS) is 24.4. The number of benzene rings is 1. The first-order valence-corrected chi connectivity index (χ1v) is 17.6. The van der Waals surface area contributed by atoms with Gasteiger partial charge in [-0.15, -0.1) is 13.2 Å². The first kappa shape index (κ1) is 36.1. The number of amides is 4. The van der Waals surface area contributed by atoms with Gasteiger partial charge < -0.3 is 34.5 Å². The summed E-state index contributed by atoms with van der Waals surface area (Å²) in [5.74, 6) is 0.747. The number of likely N-dealkylation sites (tertiary alicyclic amines) is 1. The molecule has 0 spiro atoms. The van der Waals surface area contributed by atoms with Crippen molar-refractivity contribution in [1.82, 2.24) is 20.4 Å². The minimum absolute atomic E-state index is 0.0166. The summed E-state index contributed by atoms with van der Waals surface area (Å²) in [5.41, 5.74) is 0.681. The molecule has 1 aliphatic carbocycles. The number of allylic oxidation sites excluding steroid dienone is 1. The second-order valence-electron chi connectivity index (χ2n) is 14.5. The van der Waals surface area contributed by atoms with Gasteiger partial charge in [-0.1, -0.05) is 38.0 Å². The predicted molar refractivity (Wildman–Crippen MR) is 183 cm³/mol. The van der Waals surface area contributed by atoms with Crippen LogP contribution in [0.25, 0.3) is 0 Å². The third-order valence-corrected chi connectivity index (χ3v) is 9.80. The van der Waals surface area contributed by atoms with Gasteiger partial charge in [-0.2, -0.15) is 0 Å². The fourth-order valence-electron chi connectivity index (χ4n) is 7.04. The van der Waals surface area contributed by atoms with Gasteiger partial charge in [-0.3, -0.25) is 14.5 Å². The van der Waals surface area contributed by atoms with Crippen LogP contribution < -0.4 is 20.1 Å². The van der Waals surface area contributed by atoms with Crippen LogP contribution in [0.1, 0.15) is 90.2 Å².